The molecular weight excluding hydrogens is 501 g/mol. The molecule has 144 valence electrons. The number of hydrogen-bond donors (Lipinski definition) is 2. The molecule has 0 bridgehead atoms. The fraction of sp³-hybridized carbons (Fsp3) is 0.125. The number of nitrogens with zero attached hydrogens (tertiary/aromatic N) is 1. The van der Waals surface area contributed by atoms with Gasteiger partial charge in [0.25, 0.3) is 3.79 Å². The van der Waals surface area contributed by atoms with Gasteiger partial charge in [-0.25, -0.2) is 13.4 Å². The highest BCUT2D eigenvalue weighted by Crippen LogP contribution is 2.31. The summed E-state index contributed by atoms with van der Waals surface area (Å²) in [6, 6.07) is 10.2. The third-order valence-corrected chi connectivity index (χ3v) is 4.72. The molecule has 0 amide bonds. The van der Waals surface area contributed by atoms with Gasteiger partial charge in [0.1, 0.15) is 0 Å². The number of benzene rings is 1. The van der Waals surface area contributed by atoms with Gasteiger partial charge >= 0.3 is 0 Å². The molecule has 0 spiro atoms. The lowest BCUT2D eigenvalue weighted by Crippen LogP contribution is -2.18. The molecule has 27 heavy (non-hydrogen) atoms. The maximum absolute atomic E-state index is 12.2. The second-order valence-corrected chi connectivity index (χ2v) is 10.3. The minimum absolute atomic E-state index is 0.0596. The average molecular weight is 514 g/mol. The summed E-state index contributed by atoms with van der Waals surface area (Å²) in [7, 11) is -3.56. The van der Waals surface area contributed by atoms with Crippen molar-refractivity contribution < 1.29 is 13.2 Å². The maximum Gasteiger partial charge on any atom is 0.252 e. The Morgan fingerprint density at radius 3 is 2.37 bits per heavy atom. The Labute approximate surface area is 180 Å². The first kappa shape index (κ1) is 22.0. The number of anilines is 2. The Hall–Kier alpha value is -1.32. The van der Waals surface area contributed by atoms with Gasteiger partial charge in [-0.1, -0.05) is 62.9 Å². The van der Waals surface area contributed by atoms with E-state index in [2.05, 4.69) is 31.0 Å². The number of rotatable bonds is 6. The molecule has 2 N–H and O–H groups in total. The van der Waals surface area contributed by atoms with E-state index in [0.717, 1.165) is 16.8 Å². The summed E-state index contributed by atoms with van der Waals surface area (Å²) in [6.45, 7) is 0. The molecule has 0 radical (unpaired) electrons. The Bertz CT molecular complexity index is 974. The van der Waals surface area contributed by atoms with E-state index in [-0.39, 0.29) is 5.82 Å². The molecule has 1 aromatic carbocycles. The molecule has 0 saturated carbocycles. The third kappa shape index (κ3) is 6.97. The summed E-state index contributed by atoms with van der Waals surface area (Å²) >= 11 is 20.3. The van der Waals surface area contributed by atoms with Gasteiger partial charge in [0.05, 0.1) is 11.9 Å². The predicted octanol–water partition coefficient (Wildman–Crippen LogP) is 4.61. The van der Waals surface area contributed by atoms with Crippen LogP contribution in [0.1, 0.15) is 5.56 Å². The summed E-state index contributed by atoms with van der Waals surface area (Å²) in [5.74, 6) is -0.705. The number of nitrogens with one attached hydrogen (secondary N) is 2. The minimum atomic E-state index is -3.56. The summed E-state index contributed by atoms with van der Waals surface area (Å²) in [6.07, 6.45) is 3.56. The van der Waals surface area contributed by atoms with Gasteiger partial charge in [-0.05, 0) is 29.8 Å². The quantitative estimate of drug-likeness (QED) is 0.435. The van der Waals surface area contributed by atoms with Crippen LogP contribution in [0.2, 0.25) is 0 Å². The van der Waals surface area contributed by atoms with Crippen LogP contribution in [0.25, 0.3) is 5.70 Å². The fourth-order valence-corrected chi connectivity index (χ4v) is 2.88. The van der Waals surface area contributed by atoms with Crippen LogP contribution in [0.5, 0.6) is 0 Å². The molecule has 6 nitrogen and oxygen atoms in total. The topological polar surface area (TPSA) is 88.2 Å². The summed E-state index contributed by atoms with van der Waals surface area (Å²) in [4.78, 5) is 16.2. The Balaban J connectivity index is 2.49. The highest BCUT2D eigenvalue weighted by Gasteiger charge is 2.29. The predicted molar refractivity (Wildman–Crippen MR) is 114 cm³/mol. The smallest absolute Gasteiger partial charge is 0.252 e. The fourth-order valence-electron chi connectivity index (χ4n) is 1.94. The van der Waals surface area contributed by atoms with E-state index >= 15 is 0 Å². The summed E-state index contributed by atoms with van der Waals surface area (Å²) in [5, 5.41) is 2.97. The van der Waals surface area contributed by atoms with Gasteiger partial charge in [0.15, 0.2) is 5.82 Å². The number of alkyl halides is 3. The number of ketones is 1. The van der Waals surface area contributed by atoms with Crippen molar-refractivity contribution in [3.63, 3.8) is 0 Å². The van der Waals surface area contributed by atoms with Crippen molar-refractivity contribution in [3.8, 4) is 0 Å². The number of hydrogen-bond acceptors (Lipinski definition) is 5. The van der Waals surface area contributed by atoms with Crippen LogP contribution in [0.4, 0.5) is 11.5 Å². The lowest BCUT2D eigenvalue weighted by Gasteiger charge is -2.16. The van der Waals surface area contributed by atoms with Crippen molar-refractivity contribution in [2.24, 2.45) is 0 Å². The Morgan fingerprint density at radius 1 is 1.19 bits per heavy atom. The normalized spacial score (nSPS) is 12.6. The van der Waals surface area contributed by atoms with E-state index in [9.17, 15) is 13.2 Å². The zero-order valence-corrected chi connectivity index (χ0v) is 18.4. The van der Waals surface area contributed by atoms with Crippen LogP contribution in [-0.2, 0) is 14.8 Å². The van der Waals surface area contributed by atoms with Crippen LogP contribution < -0.4 is 10.0 Å². The second kappa shape index (κ2) is 8.79. The number of aromatic nitrogens is 1. The number of carbonyl (C=O) groups excluding carboxylic acids is 1. The lowest BCUT2D eigenvalue weighted by atomic mass is 10.1. The SMILES string of the molecule is CS(=O)(=O)Nc1ncccc1N/C(=C/C(=O)C(Cl)(Cl)Cl)c1ccc(Br)cc1. The second-order valence-electron chi connectivity index (χ2n) is 5.33. The van der Waals surface area contributed by atoms with E-state index in [1.165, 1.54) is 6.20 Å². The molecule has 2 aromatic rings. The zero-order valence-electron chi connectivity index (χ0n) is 13.7. The minimum Gasteiger partial charge on any atom is -0.352 e. The van der Waals surface area contributed by atoms with Gasteiger partial charge in [-0.3, -0.25) is 9.52 Å². The summed E-state index contributed by atoms with van der Waals surface area (Å²) < 4.78 is 24.1. The summed E-state index contributed by atoms with van der Waals surface area (Å²) in [5.41, 5.74) is 1.22. The van der Waals surface area contributed by atoms with Gasteiger partial charge in [0.2, 0.25) is 15.8 Å². The molecule has 0 unspecified atom stereocenters. The molecule has 0 saturated heterocycles. The number of halogens is 4. The molecule has 1 aromatic heterocycles. The number of carbonyl (C=O) groups is 1. The van der Waals surface area contributed by atoms with Crippen molar-refractivity contribution in [1.29, 1.82) is 0 Å². The highest BCUT2D eigenvalue weighted by atomic mass is 79.9. The van der Waals surface area contributed by atoms with Crippen molar-refractivity contribution in [3.05, 3.63) is 58.7 Å². The maximum atomic E-state index is 12.2. The molecule has 0 aliphatic carbocycles. The molecule has 0 fully saturated rings. The first-order valence-corrected chi connectivity index (χ1v) is 11.1. The lowest BCUT2D eigenvalue weighted by molar-refractivity contribution is -0.113. The number of sulfonamides is 1. The molecule has 0 aliphatic heterocycles. The van der Waals surface area contributed by atoms with Crippen molar-refractivity contribution in [2.75, 3.05) is 16.3 Å². The molecule has 2 rings (SSSR count). The van der Waals surface area contributed by atoms with Crippen LogP contribution >= 0.6 is 50.7 Å². The van der Waals surface area contributed by atoms with Gasteiger partial charge in [-0.15, -0.1) is 0 Å². The molecule has 1 heterocycles. The van der Waals surface area contributed by atoms with Crippen molar-refractivity contribution >= 4 is 83.7 Å². The van der Waals surface area contributed by atoms with Crippen molar-refractivity contribution in [1.82, 2.24) is 4.98 Å². The Morgan fingerprint density at radius 2 is 1.81 bits per heavy atom. The average Bonchev–Trinajstić information content (AvgIpc) is 2.54. The first-order valence-electron chi connectivity index (χ1n) is 7.24. The molecule has 0 aliphatic rings. The third-order valence-electron chi connectivity index (χ3n) is 3.07. The van der Waals surface area contributed by atoms with Crippen LogP contribution in [0.3, 0.4) is 0 Å². The largest absolute Gasteiger partial charge is 0.352 e. The molecule has 0 atom stereocenters. The van der Waals surface area contributed by atoms with Gasteiger partial charge < -0.3 is 5.32 Å². The van der Waals surface area contributed by atoms with Crippen LogP contribution in [0, 0.1) is 0 Å². The first-order chi connectivity index (χ1) is 12.5. The monoisotopic (exact) mass is 511 g/mol. The standard InChI is InChI=1S/C16H13BrCl3N3O3S/c1-27(25,26)23-15-12(3-2-8-21-15)22-13(9-14(24)16(18,19)20)10-4-6-11(17)7-5-10/h2-9,22H,1H3,(H,21,23)/b13-9+. The molecular formula is C16H13BrCl3N3O3S. The number of pyridine rings is 1. The van der Waals surface area contributed by atoms with E-state index in [4.69, 9.17) is 34.8 Å². The van der Waals surface area contributed by atoms with E-state index in [1.807, 2.05) is 0 Å². The van der Waals surface area contributed by atoms with Gasteiger partial charge in [-0.2, -0.15) is 0 Å². The van der Waals surface area contributed by atoms with Crippen LogP contribution in [-0.4, -0.2) is 29.2 Å². The van der Waals surface area contributed by atoms with E-state index in [1.54, 1.807) is 36.4 Å². The Kier molecular flexibility index (Phi) is 7.15. The number of allylic oxidation sites excluding steroid dienone is 1. The molecule has 11 heteroatoms. The van der Waals surface area contributed by atoms with Crippen molar-refractivity contribution in [2.45, 2.75) is 3.79 Å². The van der Waals surface area contributed by atoms with E-state index in [0.29, 0.717) is 16.9 Å². The highest BCUT2D eigenvalue weighted by molar-refractivity contribution is 9.10. The van der Waals surface area contributed by atoms with Gasteiger partial charge in [0, 0.05) is 22.4 Å². The van der Waals surface area contributed by atoms with Crippen LogP contribution in [0.15, 0.2) is 53.1 Å². The zero-order chi connectivity index (χ0) is 20.2. The van der Waals surface area contributed by atoms with E-state index < -0.39 is 19.6 Å².